The minimum Gasteiger partial charge on any atom is -0.330 e. The fourth-order valence-electron chi connectivity index (χ4n) is 2.02. The first kappa shape index (κ1) is 14.2. The van der Waals surface area contributed by atoms with Gasteiger partial charge in [0.2, 0.25) is 0 Å². The molecule has 2 aromatic rings. The van der Waals surface area contributed by atoms with E-state index < -0.39 is 11.6 Å². The van der Waals surface area contributed by atoms with E-state index in [9.17, 15) is 8.78 Å². The van der Waals surface area contributed by atoms with Crippen LogP contribution in [0.3, 0.4) is 0 Å². The van der Waals surface area contributed by atoms with Gasteiger partial charge in [-0.05, 0) is 48.4 Å². The number of hydrogen-bond acceptors (Lipinski definition) is 1. The first-order valence-corrected chi connectivity index (χ1v) is 6.79. The summed E-state index contributed by atoms with van der Waals surface area (Å²) in [7, 11) is 0. The molecule has 0 bridgehead atoms. The van der Waals surface area contributed by atoms with Gasteiger partial charge < -0.3 is 5.73 Å². The molecular weight excluding hydrogens is 312 g/mol. The highest BCUT2D eigenvalue weighted by Crippen LogP contribution is 2.22. The normalized spacial score (nSPS) is 12.4. The van der Waals surface area contributed by atoms with Crippen LogP contribution in [-0.4, -0.2) is 6.54 Å². The van der Waals surface area contributed by atoms with Gasteiger partial charge in [0.05, 0.1) is 0 Å². The molecule has 0 aliphatic heterocycles. The summed E-state index contributed by atoms with van der Waals surface area (Å²) in [6.45, 7) is 0.459. The molecule has 2 rings (SSSR count). The van der Waals surface area contributed by atoms with Gasteiger partial charge in [-0.3, -0.25) is 0 Å². The number of hydrogen-bond donors (Lipinski definition) is 1. The monoisotopic (exact) mass is 325 g/mol. The van der Waals surface area contributed by atoms with E-state index in [1.54, 1.807) is 6.07 Å². The van der Waals surface area contributed by atoms with Crippen LogP contribution in [0.2, 0.25) is 0 Å². The zero-order chi connectivity index (χ0) is 13.8. The average Bonchev–Trinajstić information content (AvgIpc) is 2.41. The molecule has 0 saturated carbocycles. The first-order valence-electron chi connectivity index (χ1n) is 5.99. The second-order valence-electron chi connectivity index (χ2n) is 4.44. The lowest BCUT2D eigenvalue weighted by Gasteiger charge is -2.15. The van der Waals surface area contributed by atoms with Crippen LogP contribution in [0.15, 0.2) is 46.9 Å². The van der Waals surface area contributed by atoms with Gasteiger partial charge in [-0.15, -0.1) is 0 Å². The van der Waals surface area contributed by atoms with Crippen molar-refractivity contribution in [2.24, 2.45) is 5.73 Å². The van der Waals surface area contributed by atoms with Crippen LogP contribution >= 0.6 is 15.9 Å². The molecular formula is C15H14BrF2N. The second-order valence-corrected chi connectivity index (χ2v) is 5.35. The number of benzene rings is 2. The maximum Gasteiger partial charge on any atom is 0.159 e. The van der Waals surface area contributed by atoms with Crippen molar-refractivity contribution < 1.29 is 8.78 Å². The summed E-state index contributed by atoms with van der Waals surface area (Å²) < 4.78 is 27.1. The van der Waals surface area contributed by atoms with Crippen LogP contribution in [0.25, 0.3) is 0 Å². The van der Waals surface area contributed by atoms with Crippen LogP contribution in [0, 0.1) is 11.6 Å². The second kappa shape index (κ2) is 6.26. The fraction of sp³-hybridized carbons (Fsp3) is 0.200. The quantitative estimate of drug-likeness (QED) is 0.903. The van der Waals surface area contributed by atoms with Gasteiger partial charge in [-0.1, -0.05) is 34.1 Å². The third kappa shape index (κ3) is 3.61. The SMILES string of the molecule is NCC(Cc1ccc(F)c(F)c1)c1ccc(Br)cc1. The summed E-state index contributed by atoms with van der Waals surface area (Å²) in [5.41, 5.74) is 7.62. The molecule has 100 valence electrons. The van der Waals surface area contributed by atoms with Gasteiger partial charge in [0.25, 0.3) is 0 Å². The Bertz CT molecular complexity index is 555. The van der Waals surface area contributed by atoms with Crippen LogP contribution in [0.4, 0.5) is 8.78 Å². The van der Waals surface area contributed by atoms with Gasteiger partial charge >= 0.3 is 0 Å². The lowest BCUT2D eigenvalue weighted by atomic mass is 9.92. The largest absolute Gasteiger partial charge is 0.330 e. The van der Waals surface area contributed by atoms with Crippen molar-refractivity contribution in [3.8, 4) is 0 Å². The van der Waals surface area contributed by atoms with E-state index in [0.717, 1.165) is 21.7 Å². The average molecular weight is 326 g/mol. The van der Waals surface area contributed by atoms with Crippen molar-refractivity contribution in [2.75, 3.05) is 6.54 Å². The molecule has 2 aromatic carbocycles. The molecule has 0 spiro atoms. The first-order chi connectivity index (χ1) is 9.10. The molecule has 0 aliphatic rings. The smallest absolute Gasteiger partial charge is 0.159 e. The van der Waals surface area contributed by atoms with E-state index in [2.05, 4.69) is 15.9 Å². The standard InChI is InChI=1S/C15H14BrF2N/c16-13-4-2-11(3-5-13)12(9-19)7-10-1-6-14(17)15(18)8-10/h1-6,8,12H,7,9,19H2. The van der Waals surface area contributed by atoms with Crippen molar-refractivity contribution in [3.05, 3.63) is 69.7 Å². The van der Waals surface area contributed by atoms with Gasteiger partial charge in [-0.2, -0.15) is 0 Å². The maximum atomic E-state index is 13.2. The Morgan fingerprint density at radius 2 is 1.68 bits per heavy atom. The third-order valence-electron chi connectivity index (χ3n) is 3.09. The number of rotatable bonds is 4. The number of halogens is 3. The van der Waals surface area contributed by atoms with E-state index in [4.69, 9.17) is 5.73 Å². The Balaban J connectivity index is 2.18. The van der Waals surface area contributed by atoms with Crippen LogP contribution in [0.1, 0.15) is 17.0 Å². The predicted octanol–water partition coefficient (Wildman–Crippen LogP) is 4.01. The third-order valence-corrected chi connectivity index (χ3v) is 3.62. The Hall–Kier alpha value is -1.26. The molecule has 0 heterocycles. The van der Waals surface area contributed by atoms with Gasteiger partial charge in [-0.25, -0.2) is 8.78 Å². The summed E-state index contributed by atoms with van der Waals surface area (Å²) in [6, 6.07) is 11.9. The molecule has 2 N–H and O–H groups in total. The summed E-state index contributed by atoms with van der Waals surface area (Å²) in [4.78, 5) is 0. The van der Waals surface area contributed by atoms with Crippen molar-refractivity contribution in [1.82, 2.24) is 0 Å². The Morgan fingerprint density at radius 1 is 1.00 bits per heavy atom. The molecule has 0 fully saturated rings. The molecule has 0 aliphatic carbocycles. The van der Waals surface area contributed by atoms with Crippen molar-refractivity contribution in [1.29, 1.82) is 0 Å². The summed E-state index contributed by atoms with van der Waals surface area (Å²) in [5, 5.41) is 0. The van der Waals surface area contributed by atoms with Crippen molar-refractivity contribution in [3.63, 3.8) is 0 Å². The van der Waals surface area contributed by atoms with Crippen molar-refractivity contribution >= 4 is 15.9 Å². The molecule has 4 heteroatoms. The molecule has 1 nitrogen and oxygen atoms in total. The molecule has 0 radical (unpaired) electrons. The Kier molecular flexibility index (Phi) is 4.66. The zero-order valence-corrected chi connectivity index (χ0v) is 11.8. The summed E-state index contributed by atoms with van der Waals surface area (Å²) in [6.07, 6.45) is 0.593. The molecule has 1 unspecified atom stereocenters. The predicted molar refractivity (Wildman–Crippen MR) is 76.0 cm³/mol. The van der Waals surface area contributed by atoms with Crippen LogP contribution in [-0.2, 0) is 6.42 Å². The maximum absolute atomic E-state index is 13.2. The minimum atomic E-state index is -0.823. The van der Waals surface area contributed by atoms with E-state index in [1.165, 1.54) is 6.07 Å². The van der Waals surface area contributed by atoms with E-state index >= 15 is 0 Å². The summed E-state index contributed by atoms with van der Waals surface area (Å²) >= 11 is 3.38. The van der Waals surface area contributed by atoms with Crippen molar-refractivity contribution in [2.45, 2.75) is 12.3 Å². The fourth-order valence-corrected chi connectivity index (χ4v) is 2.29. The number of nitrogens with two attached hydrogens (primary N) is 1. The van der Waals surface area contributed by atoms with Crippen LogP contribution < -0.4 is 5.73 Å². The Labute approximate surface area is 119 Å². The molecule has 0 aromatic heterocycles. The van der Waals surface area contributed by atoms with Gasteiger partial charge in [0, 0.05) is 10.4 Å². The highest BCUT2D eigenvalue weighted by molar-refractivity contribution is 9.10. The zero-order valence-electron chi connectivity index (χ0n) is 10.2. The Morgan fingerprint density at radius 3 is 2.26 bits per heavy atom. The molecule has 0 amide bonds. The molecule has 0 saturated heterocycles. The lowest BCUT2D eigenvalue weighted by molar-refractivity contribution is 0.506. The summed E-state index contributed by atoms with van der Waals surface area (Å²) in [5.74, 6) is -1.54. The van der Waals surface area contributed by atoms with Gasteiger partial charge in [0.1, 0.15) is 0 Å². The van der Waals surface area contributed by atoms with E-state index in [1.807, 2.05) is 24.3 Å². The topological polar surface area (TPSA) is 26.0 Å². The van der Waals surface area contributed by atoms with E-state index in [0.29, 0.717) is 13.0 Å². The minimum absolute atomic E-state index is 0.0953. The van der Waals surface area contributed by atoms with E-state index in [-0.39, 0.29) is 5.92 Å². The molecule has 1 atom stereocenters. The van der Waals surface area contributed by atoms with Crippen LogP contribution in [0.5, 0.6) is 0 Å². The van der Waals surface area contributed by atoms with Gasteiger partial charge in [0.15, 0.2) is 11.6 Å². The highest BCUT2D eigenvalue weighted by Gasteiger charge is 2.12. The lowest BCUT2D eigenvalue weighted by Crippen LogP contribution is -2.15. The highest BCUT2D eigenvalue weighted by atomic mass is 79.9. The molecule has 19 heavy (non-hydrogen) atoms.